The largest absolute Gasteiger partial charge is 0.350 e. The Morgan fingerprint density at radius 1 is 0.457 bits per heavy atom. The molecule has 5 aromatic carbocycles. The smallest absolute Gasteiger partial charge is 0.138 e. The van der Waals surface area contributed by atoms with Crippen molar-refractivity contribution in [2.75, 3.05) is 0 Å². The molecule has 0 fully saturated rings. The van der Waals surface area contributed by atoms with Gasteiger partial charge in [0.05, 0.1) is 24.8 Å². The van der Waals surface area contributed by atoms with Crippen LogP contribution in [0.3, 0.4) is 0 Å². The number of fused-ring (bicyclic) bond motifs is 10. The zero-order valence-electron chi connectivity index (χ0n) is 26.8. The zero-order chi connectivity index (χ0) is 31.2. The van der Waals surface area contributed by atoms with E-state index >= 15 is 0 Å². The molecule has 0 N–H and O–H groups in total. The first-order valence-electron chi connectivity index (χ1n) is 16.6. The van der Waals surface area contributed by atoms with Gasteiger partial charge in [0.15, 0.2) is 0 Å². The summed E-state index contributed by atoms with van der Waals surface area (Å²) in [5.41, 5.74) is 11.8. The van der Waals surface area contributed by atoms with Crippen LogP contribution in [0.5, 0.6) is 0 Å². The maximum Gasteiger partial charge on any atom is 0.138 e. The van der Waals surface area contributed by atoms with Crippen molar-refractivity contribution in [2.45, 2.75) is 62.9 Å². The monoisotopic (exact) mass is 598 g/mol. The maximum atomic E-state index is 5.48. The Balaban J connectivity index is 1.26. The lowest BCUT2D eigenvalue weighted by molar-refractivity contribution is 0.224. The molecule has 0 radical (unpaired) electrons. The van der Waals surface area contributed by atoms with E-state index in [4.69, 9.17) is 9.98 Å². The third kappa shape index (κ3) is 3.39. The molecular formula is C42H38N4. The first-order chi connectivity index (χ1) is 22.5. The van der Waals surface area contributed by atoms with Crippen LogP contribution in [-0.4, -0.2) is 34.6 Å². The van der Waals surface area contributed by atoms with E-state index in [1.54, 1.807) is 0 Å². The summed E-state index contributed by atoms with van der Waals surface area (Å²) >= 11 is 0. The number of hydrogen-bond donors (Lipinski definition) is 0. The van der Waals surface area contributed by atoms with Gasteiger partial charge < -0.3 is 9.80 Å². The van der Waals surface area contributed by atoms with Gasteiger partial charge in [-0.2, -0.15) is 0 Å². The topological polar surface area (TPSA) is 31.2 Å². The van der Waals surface area contributed by atoms with Crippen LogP contribution in [0.4, 0.5) is 0 Å². The maximum absolute atomic E-state index is 5.48. The molecule has 0 amide bonds. The summed E-state index contributed by atoms with van der Waals surface area (Å²) in [6.07, 6.45) is 4.23. The highest BCUT2D eigenvalue weighted by Crippen LogP contribution is 2.61. The second-order valence-corrected chi connectivity index (χ2v) is 13.8. The number of nitrogens with zero attached hydrogens (tertiary/aromatic N) is 4. The average molecular weight is 599 g/mol. The van der Waals surface area contributed by atoms with Crippen LogP contribution in [0.1, 0.15) is 73.2 Å². The van der Waals surface area contributed by atoms with Gasteiger partial charge in [0, 0.05) is 12.1 Å². The van der Waals surface area contributed by atoms with Crippen LogP contribution >= 0.6 is 0 Å². The molecule has 46 heavy (non-hydrogen) atoms. The molecule has 0 saturated heterocycles. The molecule has 9 rings (SSSR count). The van der Waals surface area contributed by atoms with Crippen molar-refractivity contribution < 1.29 is 0 Å². The van der Waals surface area contributed by atoms with Crippen LogP contribution < -0.4 is 0 Å². The molecule has 2 aliphatic heterocycles. The zero-order valence-corrected chi connectivity index (χ0v) is 26.8. The number of hydrogen-bond acceptors (Lipinski definition) is 4. The van der Waals surface area contributed by atoms with Crippen molar-refractivity contribution in [1.29, 1.82) is 0 Å². The van der Waals surface area contributed by atoms with Gasteiger partial charge in [-0.1, -0.05) is 121 Å². The normalized spacial score (nSPS) is 20.7. The summed E-state index contributed by atoms with van der Waals surface area (Å²) in [7, 11) is 0. The van der Waals surface area contributed by atoms with E-state index in [9.17, 15) is 0 Å². The van der Waals surface area contributed by atoms with Crippen molar-refractivity contribution in [2.24, 2.45) is 9.98 Å². The number of aliphatic imine (C=N–C) groups is 2. The Morgan fingerprint density at radius 2 is 0.783 bits per heavy atom. The van der Waals surface area contributed by atoms with E-state index in [2.05, 4.69) is 171 Å². The van der Waals surface area contributed by atoms with Crippen LogP contribution in [0.15, 0.2) is 131 Å². The highest BCUT2D eigenvalue weighted by molar-refractivity contribution is 5.86. The molecule has 4 nitrogen and oxygen atoms in total. The van der Waals surface area contributed by atoms with Gasteiger partial charge in [0.1, 0.15) is 11.1 Å². The molecule has 2 aliphatic carbocycles. The van der Waals surface area contributed by atoms with E-state index in [1.165, 1.54) is 55.6 Å². The Bertz CT molecular complexity index is 1830. The lowest BCUT2D eigenvalue weighted by Gasteiger charge is -2.40. The van der Waals surface area contributed by atoms with Gasteiger partial charge in [-0.15, -0.1) is 0 Å². The van der Waals surface area contributed by atoms with Gasteiger partial charge in [-0.05, 0) is 83.3 Å². The summed E-state index contributed by atoms with van der Waals surface area (Å²) in [6.45, 7) is 9.12. The predicted octanol–water partition coefficient (Wildman–Crippen LogP) is 9.12. The van der Waals surface area contributed by atoms with E-state index in [-0.39, 0.29) is 24.2 Å². The number of rotatable bonds is 4. The van der Waals surface area contributed by atoms with Crippen LogP contribution in [0.2, 0.25) is 0 Å². The lowest BCUT2D eigenvalue weighted by atomic mass is 9.75. The highest BCUT2D eigenvalue weighted by Gasteiger charge is 2.56. The van der Waals surface area contributed by atoms with Crippen molar-refractivity contribution in [3.8, 4) is 22.3 Å². The van der Waals surface area contributed by atoms with E-state index < -0.39 is 11.1 Å². The molecule has 2 unspecified atom stereocenters. The van der Waals surface area contributed by atoms with E-state index in [0.717, 1.165) is 0 Å². The predicted molar refractivity (Wildman–Crippen MR) is 188 cm³/mol. The van der Waals surface area contributed by atoms with Crippen molar-refractivity contribution in [1.82, 2.24) is 9.80 Å². The van der Waals surface area contributed by atoms with Crippen molar-refractivity contribution >= 4 is 12.7 Å². The average Bonchev–Trinajstić information content (AvgIpc) is 3.83. The Labute approximate surface area is 271 Å². The van der Waals surface area contributed by atoms with Gasteiger partial charge in [0.2, 0.25) is 0 Å². The summed E-state index contributed by atoms with van der Waals surface area (Å²) in [4.78, 5) is 15.9. The van der Waals surface area contributed by atoms with Gasteiger partial charge in [-0.3, -0.25) is 9.98 Å². The van der Waals surface area contributed by atoms with Crippen LogP contribution in [0.25, 0.3) is 22.3 Å². The Morgan fingerprint density at radius 3 is 1.11 bits per heavy atom. The molecule has 226 valence electrons. The van der Waals surface area contributed by atoms with Crippen molar-refractivity contribution in [3.05, 3.63) is 155 Å². The first kappa shape index (κ1) is 27.4. The molecule has 4 heteroatoms. The molecule has 5 aromatic rings. The molecular weight excluding hydrogens is 560 g/mol. The summed E-state index contributed by atoms with van der Waals surface area (Å²) in [5, 5.41) is 0. The fraction of sp³-hybridized carbons (Fsp3) is 0.238. The second-order valence-electron chi connectivity index (χ2n) is 13.8. The SMILES string of the molecule is CC(C)N1C=NC2(c3ccccc3-c3ccccc32)C1c1cccc(C2N(C(C)C)C=NC23c2ccccc2-c2ccccc23)c1. The molecule has 2 spiro atoms. The molecule has 0 bridgehead atoms. The third-order valence-corrected chi connectivity index (χ3v) is 10.8. The molecule has 2 atom stereocenters. The van der Waals surface area contributed by atoms with Crippen LogP contribution in [-0.2, 0) is 11.1 Å². The quantitative estimate of drug-likeness (QED) is 0.207. The summed E-state index contributed by atoms with van der Waals surface area (Å²) < 4.78 is 0. The standard InChI is InChI=1S/C42H38N4/c1-27(2)45-25-43-41(35-20-9-5-16-31(35)32-17-6-10-21-36(32)41)39(45)29-14-13-15-30(24-29)40-42(44-26-46(40)28(3)4)37-22-11-7-18-33(37)34-19-8-12-23-38(34)42/h5-28,39-40H,1-4H3. The Kier molecular flexibility index (Phi) is 5.81. The second kappa shape index (κ2) is 9.77. The number of benzene rings is 5. The minimum absolute atomic E-state index is 0.00571. The minimum Gasteiger partial charge on any atom is -0.350 e. The molecule has 4 aliphatic rings. The van der Waals surface area contributed by atoms with Gasteiger partial charge >= 0.3 is 0 Å². The fourth-order valence-corrected chi connectivity index (χ4v) is 8.97. The fourth-order valence-electron chi connectivity index (χ4n) is 8.97. The lowest BCUT2D eigenvalue weighted by Crippen LogP contribution is -2.41. The van der Waals surface area contributed by atoms with Crippen LogP contribution in [0, 0.1) is 0 Å². The van der Waals surface area contributed by atoms with Crippen molar-refractivity contribution in [3.63, 3.8) is 0 Å². The molecule has 0 aromatic heterocycles. The van der Waals surface area contributed by atoms with E-state index in [0.29, 0.717) is 0 Å². The van der Waals surface area contributed by atoms with Gasteiger partial charge in [-0.25, -0.2) is 0 Å². The minimum atomic E-state index is -0.524. The third-order valence-electron chi connectivity index (χ3n) is 10.8. The highest BCUT2D eigenvalue weighted by atomic mass is 15.3. The first-order valence-corrected chi connectivity index (χ1v) is 16.6. The molecule has 2 heterocycles. The molecule has 0 saturated carbocycles. The summed E-state index contributed by atoms with van der Waals surface area (Å²) in [5.74, 6) is 0. The van der Waals surface area contributed by atoms with E-state index in [1.807, 2.05) is 0 Å². The summed E-state index contributed by atoms with van der Waals surface area (Å²) in [6, 6.07) is 45.5. The van der Waals surface area contributed by atoms with Gasteiger partial charge in [0.25, 0.3) is 0 Å². The Hall–Kier alpha value is -4.96.